The zero-order valence-corrected chi connectivity index (χ0v) is 27.3. The lowest BCUT2D eigenvalue weighted by molar-refractivity contribution is 0.663. The van der Waals surface area contributed by atoms with Crippen LogP contribution >= 0.6 is 11.3 Å². The third-order valence-electron chi connectivity index (χ3n) is 10.5. The van der Waals surface area contributed by atoms with Crippen LogP contribution in [0, 0.1) is 0 Å². The third-order valence-corrected chi connectivity index (χ3v) is 11.5. The summed E-state index contributed by atoms with van der Waals surface area (Å²) in [4.78, 5) is 0. The van der Waals surface area contributed by atoms with Crippen molar-refractivity contribution in [3.63, 3.8) is 0 Å². The average molecular weight is 657 g/mol. The van der Waals surface area contributed by atoms with Crippen molar-refractivity contribution >= 4 is 109 Å². The van der Waals surface area contributed by atoms with Gasteiger partial charge in [-0.3, -0.25) is 0 Å². The van der Waals surface area contributed by atoms with Crippen molar-refractivity contribution in [1.29, 1.82) is 0 Å². The van der Waals surface area contributed by atoms with E-state index in [-0.39, 0.29) is 0 Å². The van der Waals surface area contributed by atoms with E-state index in [1.165, 1.54) is 48.3 Å². The first-order valence-electron chi connectivity index (χ1n) is 16.8. The molecule has 8 aromatic carbocycles. The maximum atomic E-state index is 6.59. The van der Waals surface area contributed by atoms with Crippen LogP contribution in [-0.4, -0.2) is 0 Å². The summed E-state index contributed by atoms with van der Waals surface area (Å²) in [5.74, 6) is 0. The first-order valence-corrected chi connectivity index (χ1v) is 17.7. The average Bonchev–Trinajstić information content (AvgIpc) is 3.93. The van der Waals surface area contributed by atoms with Gasteiger partial charge in [-0.2, -0.15) is 0 Å². The molecule has 0 aliphatic heterocycles. The first kappa shape index (κ1) is 26.6. The molecule has 0 N–H and O–H groups in total. The number of benzene rings is 8. The van der Waals surface area contributed by atoms with Crippen molar-refractivity contribution in [2.24, 2.45) is 0 Å². The summed E-state index contributed by atoms with van der Waals surface area (Å²) < 4.78 is 20.4. The first-order chi connectivity index (χ1) is 24.8. The molecule has 12 rings (SSSR count). The van der Waals surface area contributed by atoms with Crippen molar-refractivity contribution in [3.05, 3.63) is 145 Å². The highest BCUT2D eigenvalue weighted by atomic mass is 32.1. The van der Waals surface area contributed by atoms with Crippen LogP contribution in [-0.2, 0) is 0 Å². The SMILES string of the molecule is c1ccc2c(c1)oc1cc3c(-c4c5ccccc5c(-c5ccc6oc7c(ccc8oc9ccccc9c87)c6c5)c5ccccc45)csc3cc12. The summed E-state index contributed by atoms with van der Waals surface area (Å²) >= 11 is 1.80. The number of hydrogen-bond acceptors (Lipinski definition) is 4. The number of fused-ring (bicyclic) bond motifs is 13. The molecule has 0 aliphatic carbocycles. The predicted octanol–water partition coefficient (Wildman–Crippen LogP) is 14.2. The van der Waals surface area contributed by atoms with Gasteiger partial charge in [0.05, 0.1) is 5.39 Å². The molecule has 0 bridgehead atoms. The fourth-order valence-corrected chi connectivity index (χ4v) is 9.34. The molecule has 0 aliphatic rings. The standard InChI is InChI=1S/C46H24O3S/c1-3-12-29-27(10-1)43(25-17-19-39-33(21-25)31-18-20-40-45(46(31)49-39)32-14-6-8-16-38(32)47-40)28-11-2-4-13-30(28)44(29)36-24-50-42-23-34-26-9-5-7-15-37(26)48-41(34)22-35(36)42/h1-24H. The Hall–Kier alpha value is -6.36. The molecular formula is C46H24O3S. The number of furan rings is 3. The van der Waals surface area contributed by atoms with Crippen molar-refractivity contribution in [2.75, 3.05) is 0 Å². The molecule has 50 heavy (non-hydrogen) atoms. The smallest absolute Gasteiger partial charge is 0.147 e. The Bertz CT molecular complexity index is 3330. The molecule has 12 aromatic rings. The second kappa shape index (κ2) is 9.63. The normalized spacial score (nSPS) is 12.4. The molecule has 0 unspecified atom stereocenters. The molecule has 0 saturated heterocycles. The van der Waals surface area contributed by atoms with Crippen LogP contribution in [0.5, 0.6) is 0 Å². The minimum absolute atomic E-state index is 0.840. The van der Waals surface area contributed by atoms with Crippen LogP contribution in [0.15, 0.2) is 158 Å². The second-order valence-corrected chi connectivity index (χ2v) is 14.1. The number of para-hydroxylation sites is 2. The predicted molar refractivity (Wildman–Crippen MR) is 210 cm³/mol. The molecule has 3 nitrogen and oxygen atoms in total. The molecule has 232 valence electrons. The minimum atomic E-state index is 0.840. The lowest BCUT2D eigenvalue weighted by Crippen LogP contribution is -1.90. The van der Waals surface area contributed by atoms with E-state index >= 15 is 0 Å². The van der Waals surface area contributed by atoms with Crippen LogP contribution < -0.4 is 0 Å². The maximum absolute atomic E-state index is 6.59. The Kier molecular flexibility index (Phi) is 5.12. The summed E-state index contributed by atoms with van der Waals surface area (Å²) in [7, 11) is 0. The van der Waals surface area contributed by atoms with E-state index in [2.05, 4.69) is 121 Å². The summed E-state index contributed by atoms with van der Waals surface area (Å²) in [6, 6.07) is 49.6. The molecule has 0 radical (unpaired) electrons. The van der Waals surface area contributed by atoms with Crippen LogP contribution in [0.4, 0.5) is 0 Å². The fraction of sp³-hybridized carbons (Fsp3) is 0. The Labute approximate surface area is 288 Å². The minimum Gasteiger partial charge on any atom is -0.456 e. The lowest BCUT2D eigenvalue weighted by Gasteiger charge is -2.17. The van der Waals surface area contributed by atoms with E-state index in [0.29, 0.717) is 0 Å². The fourth-order valence-electron chi connectivity index (χ4n) is 8.37. The number of hydrogen-bond donors (Lipinski definition) is 0. The van der Waals surface area contributed by atoms with Gasteiger partial charge in [-0.05, 0) is 92.1 Å². The third kappa shape index (κ3) is 3.48. The van der Waals surface area contributed by atoms with Crippen molar-refractivity contribution in [2.45, 2.75) is 0 Å². The van der Waals surface area contributed by atoms with Gasteiger partial charge in [-0.1, -0.05) is 91.0 Å². The molecule has 4 heterocycles. The van der Waals surface area contributed by atoms with Crippen molar-refractivity contribution in [1.82, 2.24) is 0 Å². The Morgan fingerprint density at radius 3 is 1.70 bits per heavy atom. The van der Waals surface area contributed by atoms with Gasteiger partial charge in [-0.15, -0.1) is 11.3 Å². The van der Waals surface area contributed by atoms with E-state index in [0.717, 1.165) is 71.4 Å². The van der Waals surface area contributed by atoms with Crippen molar-refractivity contribution in [3.8, 4) is 22.3 Å². The Morgan fingerprint density at radius 2 is 0.940 bits per heavy atom. The Morgan fingerprint density at radius 1 is 0.360 bits per heavy atom. The van der Waals surface area contributed by atoms with Gasteiger partial charge in [0.2, 0.25) is 0 Å². The van der Waals surface area contributed by atoms with Crippen LogP contribution in [0.3, 0.4) is 0 Å². The van der Waals surface area contributed by atoms with Crippen LogP contribution in [0.1, 0.15) is 0 Å². The van der Waals surface area contributed by atoms with Gasteiger partial charge >= 0.3 is 0 Å². The zero-order chi connectivity index (χ0) is 32.5. The van der Waals surface area contributed by atoms with Gasteiger partial charge in [-0.25, -0.2) is 0 Å². The zero-order valence-electron chi connectivity index (χ0n) is 26.5. The maximum Gasteiger partial charge on any atom is 0.147 e. The lowest BCUT2D eigenvalue weighted by atomic mass is 9.85. The highest BCUT2D eigenvalue weighted by Gasteiger charge is 2.21. The summed E-state index contributed by atoms with van der Waals surface area (Å²) in [6.07, 6.45) is 0. The van der Waals surface area contributed by atoms with Gasteiger partial charge in [0, 0.05) is 42.6 Å². The highest BCUT2D eigenvalue weighted by molar-refractivity contribution is 7.17. The van der Waals surface area contributed by atoms with E-state index in [1.807, 2.05) is 24.3 Å². The molecule has 0 spiro atoms. The monoisotopic (exact) mass is 656 g/mol. The van der Waals surface area contributed by atoms with Crippen LogP contribution in [0.2, 0.25) is 0 Å². The van der Waals surface area contributed by atoms with Gasteiger partial charge in [0.1, 0.15) is 33.5 Å². The number of thiophene rings is 1. The summed E-state index contributed by atoms with van der Waals surface area (Å²) in [6.45, 7) is 0. The summed E-state index contributed by atoms with van der Waals surface area (Å²) in [5.41, 5.74) is 10.2. The molecule has 4 aromatic heterocycles. The molecule has 0 saturated carbocycles. The van der Waals surface area contributed by atoms with Gasteiger partial charge < -0.3 is 13.3 Å². The topological polar surface area (TPSA) is 39.4 Å². The van der Waals surface area contributed by atoms with E-state index in [9.17, 15) is 0 Å². The molecule has 0 atom stereocenters. The van der Waals surface area contributed by atoms with Crippen LogP contribution in [0.25, 0.3) is 120 Å². The van der Waals surface area contributed by atoms with E-state index < -0.39 is 0 Å². The Balaban J connectivity index is 1.13. The second-order valence-electron chi connectivity index (χ2n) is 13.2. The van der Waals surface area contributed by atoms with Crippen molar-refractivity contribution < 1.29 is 13.3 Å². The molecular weight excluding hydrogens is 633 g/mol. The highest BCUT2D eigenvalue weighted by Crippen LogP contribution is 2.48. The number of rotatable bonds is 2. The molecule has 4 heteroatoms. The van der Waals surface area contributed by atoms with E-state index in [4.69, 9.17) is 13.3 Å². The van der Waals surface area contributed by atoms with Gasteiger partial charge in [0.25, 0.3) is 0 Å². The molecule has 0 fully saturated rings. The van der Waals surface area contributed by atoms with E-state index in [1.54, 1.807) is 11.3 Å². The summed E-state index contributed by atoms with van der Waals surface area (Å²) in [5, 5.41) is 15.1. The quantitative estimate of drug-likeness (QED) is 0.174. The molecule has 0 amide bonds. The largest absolute Gasteiger partial charge is 0.456 e. The van der Waals surface area contributed by atoms with Gasteiger partial charge in [0.15, 0.2) is 0 Å².